The lowest BCUT2D eigenvalue weighted by Crippen LogP contribution is -2.47. The van der Waals surface area contributed by atoms with Gasteiger partial charge in [-0.3, -0.25) is 14.0 Å². The number of piperazine rings is 1. The van der Waals surface area contributed by atoms with Crippen molar-refractivity contribution in [1.29, 1.82) is 0 Å². The number of sulfonamides is 1. The third-order valence-corrected chi connectivity index (χ3v) is 7.75. The number of nitrogens with one attached hydrogen (secondary N) is 1. The fraction of sp³-hybridized carbons (Fsp3) is 0.522. The number of benzene rings is 1. The van der Waals surface area contributed by atoms with E-state index >= 15 is 0 Å². The molecule has 0 aliphatic carbocycles. The molecule has 0 atom stereocenters. The van der Waals surface area contributed by atoms with E-state index in [0.717, 1.165) is 12.1 Å². The van der Waals surface area contributed by atoms with Gasteiger partial charge in [0.1, 0.15) is 17.1 Å². The second-order valence-electron chi connectivity index (χ2n) is 8.96. The summed E-state index contributed by atoms with van der Waals surface area (Å²) < 4.78 is 61.3. The summed E-state index contributed by atoms with van der Waals surface area (Å²) in [5, 5.41) is 4.45. The summed E-state index contributed by atoms with van der Waals surface area (Å²) in [4.78, 5) is 22.7. The van der Waals surface area contributed by atoms with Crippen LogP contribution >= 0.6 is 0 Å². The van der Waals surface area contributed by atoms with Crippen LogP contribution in [0.2, 0.25) is 0 Å². The third kappa shape index (κ3) is 6.96. The number of hydrogen-bond donors (Lipinski definition) is 2. The molecule has 3 heterocycles. The summed E-state index contributed by atoms with van der Waals surface area (Å²) in [7, 11) is -3.67. The highest BCUT2D eigenvalue weighted by molar-refractivity contribution is 7.89. The Morgan fingerprint density at radius 3 is 2.29 bits per heavy atom. The molecule has 0 radical (unpaired) electrons. The van der Waals surface area contributed by atoms with Gasteiger partial charge in [0.2, 0.25) is 10.0 Å². The first-order valence-electron chi connectivity index (χ1n) is 12.1. The van der Waals surface area contributed by atoms with Gasteiger partial charge in [-0.1, -0.05) is 13.3 Å². The van der Waals surface area contributed by atoms with E-state index in [0.29, 0.717) is 67.8 Å². The van der Waals surface area contributed by atoms with Gasteiger partial charge < -0.3 is 14.6 Å². The maximum absolute atomic E-state index is 13.3. The van der Waals surface area contributed by atoms with Gasteiger partial charge in [-0.25, -0.2) is 13.4 Å². The van der Waals surface area contributed by atoms with Crippen LogP contribution in [0.1, 0.15) is 26.0 Å². The van der Waals surface area contributed by atoms with Crippen molar-refractivity contribution in [2.45, 2.75) is 31.6 Å². The lowest BCUT2D eigenvalue weighted by Gasteiger charge is -2.31. The standard InChI is InChI=1S/C22H30N6O4S.CH4O3S/c1-5-7-17-19-20(27(4)25-17)22(29)24-21(23-19)16-14-15(8-9-18(16)32-6-2)33(30,31)28-12-10-26(3)11-13-28;1-5(2,3)4/h8-9,14H,5-7,10-13H2,1-4H3,(H,23,24,29);1H3,(H,2,3,4). The number of hydrogen-bond acceptors (Lipinski definition) is 9. The van der Waals surface area contributed by atoms with E-state index in [-0.39, 0.29) is 16.3 Å². The Kier molecular flexibility index (Phi) is 9.30. The van der Waals surface area contributed by atoms with Crippen molar-refractivity contribution in [2.75, 3.05) is 46.1 Å². The fourth-order valence-electron chi connectivity index (χ4n) is 4.09. The number of ether oxygens (including phenoxy) is 1. The lowest BCUT2D eigenvalue weighted by molar-refractivity contribution is 0.222. The minimum atomic E-state index is -3.70. The summed E-state index contributed by atoms with van der Waals surface area (Å²) in [5.41, 5.74) is 1.75. The highest BCUT2D eigenvalue weighted by Gasteiger charge is 2.29. The van der Waals surface area contributed by atoms with Gasteiger partial charge >= 0.3 is 0 Å². The molecule has 1 aliphatic heterocycles. The first-order valence-corrected chi connectivity index (χ1v) is 15.4. The van der Waals surface area contributed by atoms with Gasteiger partial charge in [-0.2, -0.15) is 17.8 Å². The van der Waals surface area contributed by atoms with Crippen molar-refractivity contribution in [3.8, 4) is 17.1 Å². The Labute approximate surface area is 222 Å². The number of rotatable bonds is 7. The van der Waals surface area contributed by atoms with Crippen LogP contribution in [0.3, 0.4) is 0 Å². The summed E-state index contributed by atoms with van der Waals surface area (Å²) >= 11 is 0. The smallest absolute Gasteiger partial charge is 0.277 e. The van der Waals surface area contributed by atoms with Crippen LogP contribution in [-0.4, -0.2) is 96.4 Å². The molecule has 1 saturated heterocycles. The van der Waals surface area contributed by atoms with E-state index in [4.69, 9.17) is 14.3 Å². The van der Waals surface area contributed by atoms with Crippen LogP contribution in [0, 0.1) is 0 Å². The Morgan fingerprint density at radius 2 is 1.71 bits per heavy atom. The van der Waals surface area contributed by atoms with Crippen LogP contribution in [0.5, 0.6) is 5.75 Å². The van der Waals surface area contributed by atoms with Crippen molar-refractivity contribution in [2.24, 2.45) is 7.05 Å². The van der Waals surface area contributed by atoms with Crippen molar-refractivity contribution < 1.29 is 26.1 Å². The third-order valence-electron chi connectivity index (χ3n) is 5.86. The zero-order valence-electron chi connectivity index (χ0n) is 22.1. The maximum Gasteiger partial charge on any atom is 0.277 e. The van der Waals surface area contributed by atoms with Crippen LogP contribution in [0.15, 0.2) is 27.9 Å². The molecule has 2 N–H and O–H groups in total. The van der Waals surface area contributed by atoms with Gasteiger partial charge in [-0.05, 0) is 38.6 Å². The van der Waals surface area contributed by atoms with Gasteiger partial charge in [0.15, 0.2) is 5.52 Å². The topological polar surface area (TPSA) is 168 Å². The molecule has 1 aliphatic rings. The van der Waals surface area contributed by atoms with Crippen LogP contribution in [0.25, 0.3) is 22.4 Å². The minimum absolute atomic E-state index is 0.147. The van der Waals surface area contributed by atoms with Gasteiger partial charge in [0.05, 0.1) is 29.0 Å². The van der Waals surface area contributed by atoms with E-state index in [9.17, 15) is 21.6 Å². The Bertz CT molecular complexity index is 1550. The largest absolute Gasteiger partial charge is 0.493 e. The highest BCUT2D eigenvalue weighted by atomic mass is 32.2. The molecule has 15 heteroatoms. The fourth-order valence-corrected chi connectivity index (χ4v) is 5.54. The maximum atomic E-state index is 13.3. The lowest BCUT2D eigenvalue weighted by atomic mass is 10.1. The summed E-state index contributed by atoms with van der Waals surface area (Å²) in [6.07, 6.45) is 2.26. The molecule has 13 nitrogen and oxygen atoms in total. The molecular formula is C23H34N6O7S2. The highest BCUT2D eigenvalue weighted by Crippen LogP contribution is 2.32. The molecule has 3 aromatic rings. The Balaban J connectivity index is 0.000000732. The molecule has 4 rings (SSSR count). The number of H-pyrrole nitrogens is 1. The molecule has 0 unspecified atom stereocenters. The van der Waals surface area contributed by atoms with Crippen molar-refractivity contribution in [3.63, 3.8) is 0 Å². The number of aryl methyl sites for hydroxylation is 2. The predicted octanol–water partition coefficient (Wildman–Crippen LogP) is 1.11. The molecule has 0 amide bonds. The number of fused-ring (bicyclic) bond motifs is 1. The van der Waals surface area contributed by atoms with E-state index < -0.39 is 20.1 Å². The molecule has 0 spiro atoms. The van der Waals surface area contributed by atoms with Crippen LogP contribution in [0.4, 0.5) is 0 Å². The second kappa shape index (κ2) is 11.9. The zero-order valence-corrected chi connectivity index (χ0v) is 23.8. The number of aromatic amines is 1. The van der Waals surface area contributed by atoms with Crippen molar-refractivity contribution >= 4 is 31.2 Å². The number of aromatic nitrogens is 4. The second-order valence-corrected chi connectivity index (χ2v) is 12.4. The normalized spacial score (nSPS) is 15.3. The molecule has 1 aromatic carbocycles. The predicted molar refractivity (Wildman–Crippen MR) is 143 cm³/mol. The van der Waals surface area contributed by atoms with Crippen molar-refractivity contribution in [3.05, 3.63) is 34.2 Å². The first kappa shape index (κ1) is 29.7. The Hall–Kier alpha value is -2.85. The quantitative estimate of drug-likeness (QED) is 0.393. The molecule has 38 heavy (non-hydrogen) atoms. The number of likely N-dealkylation sites (N-methyl/N-ethyl adjacent to an activating group) is 1. The average molecular weight is 571 g/mol. The molecule has 0 saturated carbocycles. The van der Waals surface area contributed by atoms with E-state index in [2.05, 4.69) is 15.0 Å². The van der Waals surface area contributed by atoms with E-state index in [1.165, 1.54) is 8.99 Å². The van der Waals surface area contributed by atoms with Gasteiger partial charge in [0, 0.05) is 33.2 Å². The molecule has 1 fully saturated rings. The monoisotopic (exact) mass is 570 g/mol. The molecule has 210 valence electrons. The van der Waals surface area contributed by atoms with Gasteiger partial charge in [0.25, 0.3) is 15.7 Å². The summed E-state index contributed by atoms with van der Waals surface area (Å²) in [6, 6.07) is 4.71. The average Bonchev–Trinajstić information content (AvgIpc) is 3.14. The molecular weight excluding hydrogens is 536 g/mol. The first-order chi connectivity index (χ1) is 17.8. The minimum Gasteiger partial charge on any atom is -0.493 e. The zero-order chi connectivity index (χ0) is 28.3. The summed E-state index contributed by atoms with van der Waals surface area (Å²) in [5.74, 6) is 0.718. The molecule has 0 bridgehead atoms. The van der Waals surface area contributed by atoms with E-state index in [1.54, 1.807) is 25.2 Å². The summed E-state index contributed by atoms with van der Waals surface area (Å²) in [6.45, 7) is 6.48. The van der Waals surface area contributed by atoms with E-state index in [1.807, 2.05) is 20.9 Å². The van der Waals surface area contributed by atoms with Crippen molar-refractivity contribution in [1.82, 2.24) is 29.0 Å². The Morgan fingerprint density at radius 1 is 1.08 bits per heavy atom. The van der Waals surface area contributed by atoms with Crippen LogP contribution < -0.4 is 10.3 Å². The van der Waals surface area contributed by atoms with Crippen LogP contribution in [-0.2, 0) is 33.6 Å². The SMILES string of the molecule is CCCc1nn(C)c2c(=O)[nH]c(-c3cc(S(=O)(=O)N4CCN(C)CC4)ccc3OCC)nc12.CS(=O)(=O)O. The molecule has 2 aromatic heterocycles. The van der Waals surface area contributed by atoms with Gasteiger partial charge in [-0.15, -0.1) is 0 Å². The number of nitrogens with zero attached hydrogens (tertiary/aromatic N) is 5.